The number of amides is 2. The maximum absolute atomic E-state index is 12.7. The van der Waals surface area contributed by atoms with Crippen molar-refractivity contribution < 1.29 is 23.9 Å². The topological polar surface area (TPSA) is 93.7 Å². The Kier molecular flexibility index (Phi) is 9.33. The zero-order valence-corrected chi connectivity index (χ0v) is 16.7. The normalized spacial score (nSPS) is 14.0. The maximum Gasteiger partial charge on any atom is 0.408 e. The quantitative estimate of drug-likeness (QED) is 0.644. The van der Waals surface area contributed by atoms with Crippen LogP contribution in [0.2, 0.25) is 0 Å². The Morgan fingerprint density at radius 2 is 1.63 bits per heavy atom. The average molecular weight is 378 g/mol. The Morgan fingerprint density at radius 1 is 1.00 bits per heavy atom. The van der Waals surface area contributed by atoms with Crippen LogP contribution < -0.4 is 10.6 Å². The van der Waals surface area contributed by atoms with Crippen molar-refractivity contribution in [1.82, 2.24) is 10.6 Å². The first-order valence-electron chi connectivity index (χ1n) is 9.15. The molecule has 0 fully saturated rings. The SMILES string of the molecule is CC[C@@H](C)[C@H](NC(=O)[C@H](NC(=O)OCc1ccccc1)C(C)C)C(=O)OC. The van der Waals surface area contributed by atoms with Crippen LogP contribution in [-0.2, 0) is 25.7 Å². The zero-order chi connectivity index (χ0) is 20.4. The lowest BCUT2D eigenvalue weighted by atomic mass is 9.97. The highest BCUT2D eigenvalue weighted by atomic mass is 16.5. The van der Waals surface area contributed by atoms with Gasteiger partial charge in [0.25, 0.3) is 0 Å². The molecule has 2 N–H and O–H groups in total. The molecule has 1 aromatic rings. The molecule has 2 amide bonds. The molecule has 0 unspecified atom stereocenters. The third-order valence-electron chi connectivity index (χ3n) is 4.40. The van der Waals surface area contributed by atoms with E-state index in [-0.39, 0.29) is 18.4 Å². The summed E-state index contributed by atoms with van der Waals surface area (Å²) in [6.07, 6.45) is 0.00437. The van der Waals surface area contributed by atoms with E-state index < -0.39 is 30.1 Å². The van der Waals surface area contributed by atoms with Crippen molar-refractivity contribution in [3.63, 3.8) is 0 Å². The van der Waals surface area contributed by atoms with Crippen molar-refractivity contribution in [2.45, 2.75) is 52.8 Å². The number of esters is 1. The fourth-order valence-electron chi connectivity index (χ4n) is 2.47. The summed E-state index contributed by atoms with van der Waals surface area (Å²) in [6, 6.07) is 7.66. The summed E-state index contributed by atoms with van der Waals surface area (Å²) in [4.78, 5) is 36.7. The number of methoxy groups -OCH3 is 1. The molecule has 0 aliphatic heterocycles. The molecule has 0 saturated carbocycles. The smallest absolute Gasteiger partial charge is 0.408 e. The molecule has 1 aromatic carbocycles. The van der Waals surface area contributed by atoms with Crippen molar-refractivity contribution in [3.05, 3.63) is 35.9 Å². The Hall–Kier alpha value is -2.57. The second kappa shape index (κ2) is 11.2. The molecule has 1 rings (SSSR count). The van der Waals surface area contributed by atoms with Crippen LogP contribution in [0.5, 0.6) is 0 Å². The molecular formula is C20H30N2O5. The number of benzene rings is 1. The molecule has 7 heteroatoms. The van der Waals surface area contributed by atoms with Gasteiger partial charge in [-0.1, -0.05) is 64.4 Å². The number of rotatable bonds is 9. The summed E-state index contributed by atoms with van der Waals surface area (Å²) in [5.74, 6) is -1.24. The van der Waals surface area contributed by atoms with Gasteiger partial charge in [-0.3, -0.25) is 4.79 Å². The van der Waals surface area contributed by atoms with E-state index in [1.807, 2.05) is 44.2 Å². The average Bonchev–Trinajstić information content (AvgIpc) is 2.67. The largest absolute Gasteiger partial charge is 0.467 e. The van der Waals surface area contributed by atoms with E-state index in [1.54, 1.807) is 13.8 Å². The Balaban J connectivity index is 2.71. The van der Waals surface area contributed by atoms with Gasteiger partial charge >= 0.3 is 12.1 Å². The second-order valence-corrected chi connectivity index (χ2v) is 6.82. The van der Waals surface area contributed by atoms with Crippen molar-refractivity contribution in [3.8, 4) is 0 Å². The van der Waals surface area contributed by atoms with Crippen molar-refractivity contribution >= 4 is 18.0 Å². The molecule has 3 atom stereocenters. The lowest BCUT2D eigenvalue weighted by molar-refractivity contribution is -0.147. The first-order chi connectivity index (χ1) is 12.8. The van der Waals surface area contributed by atoms with Gasteiger partial charge in [0.1, 0.15) is 18.7 Å². The van der Waals surface area contributed by atoms with Crippen LogP contribution in [0.25, 0.3) is 0 Å². The lowest BCUT2D eigenvalue weighted by Gasteiger charge is -2.26. The van der Waals surface area contributed by atoms with E-state index in [4.69, 9.17) is 9.47 Å². The number of nitrogens with one attached hydrogen (secondary N) is 2. The van der Waals surface area contributed by atoms with Gasteiger partial charge in [-0.05, 0) is 17.4 Å². The summed E-state index contributed by atoms with van der Waals surface area (Å²) in [5, 5.41) is 5.28. The minimum absolute atomic E-state index is 0.0979. The van der Waals surface area contributed by atoms with Crippen LogP contribution in [0.15, 0.2) is 30.3 Å². The minimum atomic E-state index is -0.829. The molecule has 0 bridgehead atoms. The molecule has 150 valence electrons. The highest BCUT2D eigenvalue weighted by molar-refractivity contribution is 5.89. The molecule has 27 heavy (non-hydrogen) atoms. The summed E-state index contributed by atoms with van der Waals surface area (Å²) >= 11 is 0. The van der Waals surface area contributed by atoms with Crippen molar-refractivity contribution in [1.29, 1.82) is 0 Å². The van der Waals surface area contributed by atoms with Crippen LogP contribution >= 0.6 is 0 Å². The van der Waals surface area contributed by atoms with Gasteiger partial charge in [0.05, 0.1) is 7.11 Å². The van der Waals surface area contributed by atoms with Crippen molar-refractivity contribution in [2.75, 3.05) is 7.11 Å². The number of carbonyl (C=O) groups is 3. The minimum Gasteiger partial charge on any atom is -0.467 e. The van der Waals surface area contributed by atoms with E-state index in [2.05, 4.69) is 10.6 Å². The van der Waals surface area contributed by atoms with E-state index in [1.165, 1.54) is 7.11 Å². The van der Waals surface area contributed by atoms with Crippen LogP contribution in [0, 0.1) is 11.8 Å². The molecule has 0 aromatic heterocycles. The van der Waals surface area contributed by atoms with Crippen LogP contribution in [0.4, 0.5) is 4.79 Å². The molecule has 0 aliphatic carbocycles. The molecular weight excluding hydrogens is 348 g/mol. The standard InChI is InChI=1S/C20H30N2O5/c1-6-14(4)17(19(24)26-5)21-18(23)16(13(2)3)22-20(25)27-12-15-10-8-7-9-11-15/h7-11,13-14,16-17H,6,12H2,1-5H3,(H,21,23)(H,22,25)/t14-,16-,17+/m1/s1. The molecule has 0 saturated heterocycles. The van der Waals surface area contributed by atoms with Gasteiger partial charge < -0.3 is 20.1 Å². The first kappa shape index (κ1) is 22.5. The third kappa shape index (κ3) is 7.29. The van der Waals surface area contributed by atoms with Gasteiger partial charge in [0, 0.05) is 0 Å². The summed E-state index contributed by atoms with van der Waals surface area (Å²) in [6.45, 7) is 7.49. The highest BCUT2D eigenvalue weighted by Crippen LogP contribution is 2.11. The fourth-order valence-corrected chi connectivity index (χ4v) is 2.47. The monoisotopic (exact) mass is 378 g/mol. The van der Waals surface area contributed by atoms with Crippen LogP contribution in [0.1, 0.15) is 39.7 Å². The van der Waals surface area contributed by atoms with Crippen LogP contribution in [0.3, 0.4) is 0 Å². The number of hydrogen-bond donors (Lipinski definition) is 2. The van der Waals surface area contributed by atoms with Gasteiger partial charge in [-0.25, -0.2) is 9.59 Å². The first-order valence-corrected chi connectivity index (χ1v) is 9.15. The molecule has 0 heterocycles. The fraction of sp³-hybridized carbons (Fsp3) is 0.550. The highest BCUT2D eigenvalue weighted by Gasteiger charge is 2.32. The maximum atomic E-state index is 12.7. The van der Waals surface area contributed by atoms with Gasteiger partial charge in [-0.15, -0.1) is 0 Å². The van der Waals surface area contributed by atoms with Gasteiger partial charge in [0.2, 0.25) is 5.91 Å². The third-order valence-corrected chi connectivity index (χ3v) is 4.40. The number of ether oxygens (including phenoxy) is 2. The number of hydrogen-bond acceptors (Lipinski definition) is 5. The van der Waals surface area contributed by atoms with E-state index in [0.717, 1.165) is 5.56 Å². The molecule has 0 spiro atoms. The Labute approximate surface area is 160 Å². The second-order valence-electron chi connectivity index (χ2n) is 6.82. The zero-order valence-electron chi connectivity index (χ0n) is 16.7. The summed E-state index contributed by atoms with van der Waals surface area (Å²) < 4.78 is 9.96. The predicted molar refractivity (Wildman–Crippen MR) is 102 cm³/mol. The lowest BCUT2D eigenvalue weighted by Crippen LogP contribution is -2.55. The number of carbonyl (C=O) groups excluding carboxylic acids is 3. The Bertz CT molecular complexity index is 618. The summed E-state index contributed by atoms with van der Waals surface area (Å²) in [5.41, 5.74) is 0.848. The van der Waals surface area contributed by atoms with E-state index in [0.29, 0.717) is 6.42 Å². The molecule has 7 nitrogen and oxygen atoms in total. The molecule has 0 radical (unpaired) electrons. The van der Waals surface area contributed by atoms with Gasteiger partial charge in [-0.2, -0.15) is 0 Å². The van der Waals surface area contributed by atoms with E-state index >= 15 is 0 Å². The van der Waals surface area contributed by atoms with E-state index in [9.17, 15) is 14.4 Å². The van der Waals surface area contributed by atoms with Gasteiger partial charge in [0.15, 0.2) is 0 Å². The van der Waals surface area contributed by atoms with Crippen LogP contribution in [-0.4, -0.2) is 37.2 Å². The molecule has 0 aliphatic rings. The Morgan fingerprint density at radius 3 is 2.15 bits per heavy atom. The summed E-state index contributed by atoms with van der Waals surface area (Å²) in [7, 11) is 1.28. The van der Waals surface area contributed by atoms with Crippen molar-refractivity contribution in [2.24, 2.45) is 11.8 Å². The number of alkyl carbamates (subject to hydrolysis) is 1. The predicted octanol–water partition coefficient (Wildman–Crippen LogP) is 2.64.